The van der Waals surface area contributed by atoms with Crippen molar-refractivity contribution in [1.82, 2.24) is 0 Å². The molecule has 0 heterocycles. The molecule has 1 fully saturated rings. The van der Waals surface area contributed by atoms with E-state index in [1.807, 2.05) is 54.6 Å². The smallest absolute Gasteiger partial charge is 0.140 e. The molecule has 3 rings (SSSR count). The van der Waals surface area contributed by atoms with Gasteiger partial charge in [-0.1, -0.05) is 48.5 Å². The van der Waals surface area contributed by atoms with E-state index in [0.29, 0.717) is 18.8 Å². The third-order valence-electron chi connectivity index (χ3n) is 3.60. The minimum atomic E-state index is 0.0481. The van der Waals surface area contributed by atoms with Gasteiger partial charge in [0.2, 0.25) is 0 Å². The monoisotopic (exact) mass is 252 g/mol. The van der Waals surface area contributed by atoms with Gasteiger partial charge in [-0.3, -0.25) is 4.79 Å². The second-order valence-corrected chi connectivity index (χ2v) is 4.87. The molecule has 0 aromatic heterocycles. The van der Waals surface area contributed by atoms with Gasteiger partial charge in [-0.15, -0.1) is 0 Å². The van der Waals surface area contributed by atoms with Gasteiger partial charge >= 0.3 is 0 Å². The summed E-state index contributed by atoms with van der Waals surface area (Å²) < 4.78 is 5.88. The number of ether oxygens (including phenoxy) is 1. The zero-order valence-corrected chi connectivity index (χ0v) is 10.7. The number of hydrogen-bond donors (Lipinski definition) is 0. The molecule has 0 aliphatic heterocycles. The highest BCUT2D eigenvalue weighted by Gasteiger charge is 2.31. The number of rotatable bonds is 4. The van der Waals surface area contributed by atoms with Crippen molar-refractivity contribution in [1.29, 1.82) is 0 Å². The van der Waals surface area contributed by atoms with Gasteiger partial charge in [0.15, 0.2) is 0 Å². The molecule has 0 unspecified atom stereocenters. The lowest BCUT2D eigenvalue weighted by atomic mass is 9.78. The van der Waals surface area contributed by atoms with Crippen LogP contribution in [-0.2, 0) is 11.4 Å². The predicted molar refractivity (Wildman–Crippen MR) is 74.2 cm³/mol. The normalized spacial score (nSPS) is 17.9. The van der Waals surface area contributed by atoms with Crippen LogP contribution in [-0.4, -0.2) is 5.78 Å². The summed E-state index contributed by atoms with van der Waals surface area (Å²) in [4.78, 5) is 11.6. The van der Waals surface area contributed by atoms with Crippen LogP contribution in [0.2, 0.25) is 0 Å². The Morgan fingerprint density at radius 2 is 1.74 bits per heavy atom. The summed E-state index contributed by atoms with van der Waals surface area (Å²) in [5.74, 6) is 1.21. The quantitative estimate of drug-likeness (QED) is 0.829. The van der Waals surface area contributed by atoms with Crippen molar-refractivity contribution in [3.8, 4) is 5.75 Å². The van der Waals surface area contributed by atoms with Crippen LogP contribution in [0.3, 0.4) is 0 Å². The van der Waals surface area contributed by atoms with Gasteiger partial charge in [0.05, 0.1) is 0 Å². The molecule has 1 aliphatic carbocycles. The molecule has 0 radical (unpaired) electrons. The lowest BCUT2D eigenvalue weighted by Crippen LogP contribution is -2.23. The Bertz CT molecular complexity index is 575. The molecule has 2 nitrogen and oxygen atoms in total. The zero-order chi connectivity index (χ0) is 13.1. The maximum atomic E-state index is 11.6. The Balaban J connectivity index is 1.76. The second kappa shape index (κ2) is 5.27. The lowest BCUT2D eigenvalue weighted by Gasteiger charge is -2.26. The first-order valence-electron chi connectivity index (χ1n) is 6.63. The molecule has 2 aromatic rings. The molecular weight excluding hydrogens is 236 g/mol. The number of carbonyl (C=O) groups excluding carboxylic acids is 1. The van der Waals surface area contributed by atoms with Crippen molar-refractivity contribution >= 4 is 5.78 Å². The highest BCUT2D eigenvalue weighted by atomic mass is 16.5. The fourth-order valence-electron chi connectivity index (χ4n) is 2.37. The SMILES string of the molecule is O=C1CC[C@@H]1c1ccccc1OCc1ccccc1. The van der Waals surface area contributed by atoms with E-state index in [1.165, 1.54) is 0 Å². The van der Waals surface area contributed by atoms with E-state index in [-0.39, 0.29) is 5.92 Å². The molecule has 0 saturated heterocycles. The Labute approximate surface area is 113 Å². The number of ketones is 1. The van der Waals surface area contributed by atoms with Crippen LogP contribution in [0.1, 0.15) is 29.9 Å². The molecule has 0 N–H and O–H groups in total. The molecule has 1 aliphatic rings. The highest BCUT2D eigenvalue weighted by molar-refractivity contribution is 5.91. The average molecular weight is 252 g/mol. The van der Waals surface area contributed by atoms with Crippen molar-refractivity contribution < 1.29 is 9.53 Å². The summed E-state index contributed by atoms with van der Waals surface area (Å²) in [6.45, 7) is 0.540. The van der Waals surface area contributed by atoms with E-state index in [4.69, 9.17) is 4.74 Å². The molecule has 96 valence electrons. The zero-order valence-electron chi connectivity index (χ0n) is 10.7. The second-order valence-electron chi connectivity index (χ2n) is 4.87. The fourth-order valence-corrected chi connectivity index (χ4v) is 2.37. The Kier molecular flexibility index (Phi) is 3.32. The van der Waals surface area contributed by atoms with Gasteiger partial charge in [-0.2, -0.15) is 0 Å². The Morgan fingerprint density at radius 3 is 2.42 bits per heavy atom. The first-order valence-corrected chi connectivity index (χ1v) is 6.63. The van der Waals surface area contributed by atoms with Crippen molar-refractivity contribution in [2.45, 2.75) is 25.4 Å². The van der Waals surface area contributed by atoms with Crippen LogP contribution in [0.25, 0.3) is 0 Å². The summed E-state index contributed by atoms with van der Waals surface area (Å²) in [6, 6.07) is 17.9. The maximum absolute atomic E-state index is 11.6. The van der Waals surface area contributed by atoms with Crippen LogP contribution in [0.15, 0.2) is 54.6 Å². The number of Topliss-reactive ketones (excluding diaryl/α,β-unsaturated/α-hetero) is 1. The molecule has 1 saturated carbocycles. The molecule has 2 aromatic carbocycles. The fraction of sp³-hybridized carbons (Fsp3) is 0.235. The average Bonchev–Trinajstić information content (AvgIpc) is 2.46. The van der Waals surface area contributed by atoms with Crippen LogP contribution in [0.4, 0.5) is 0 Å². The first kappa shape index (κ1) is 12.0. The Morgan fingerprint density at radius 1 is 1.00 bits per heavy atom. The largest absolute Gasteiger partial charge is 0.489 e. The third-order valence-corrected chi connectivity index (χ3v) is 3.60. The summed E-state index contributed by atoms with van der Waals surface area (Å²) >= 11 is 0. The van der Waals surface area contributed by atoms with Crippen LogP contribution in [0, 0.1) is 0 Å². The molecule has 1 atom stereocenters. The minimum Gasteiger partial charge on any atom is -0.489 e. The van der Waals surface area contributed by atoms with Crippen molar-refractivity contribution in [2.75, 3.05) is 0 Å². The molecule has 19 heavy (non-hydrogen) atoms. The van der Waals surface area contributed by atoms with Gasteiger partial charge in [0, 0.05) is 17.9 Å². The number of carbonyl (C=O) groups is 1. The summed E-state index contributed by atoms with van der Waals surface area (Å²) in [7, 11) is 0. The molecule has 2 heteroatoms. The van der Waals surface area contributed by atoms with Crippen molar-refractivity contribution in [2.24, 2.45) is 0 Å². The van der Waals surface area contributed by atoms with Gasteiger partial charge < -0.3 is 4.74 Å². The van der Waals surface area contributed by atoms with E-state index >= 15 is 0 Å². The highest BCUT2D eigenvalue weighted by Crippen LogP contribution is 2.38. The number of para-hydroxylation sites is 1. The van der Waals surface area contributed by atoms with Crippen molar-refractivity contribution in [3.05, 3.63) is 65.7 Å². The third kappa shape index (κ3) is 2.53. The van der Waals surface area contributed by atoms with E-state index in [0.717, 1.165) is 23.3 Å². The van der Waals surface area contributed by atoms with Gasteiger partial charge in [-0.25, -0.2) is 0 Å². The van der Waals surface area contributed by atoms with Crippen LogP contribution < -0.4 is 4.74 Å². The van der Waals surface area contributed by atoms with Crippen LogP contribution >= 0.6 is 0 Å². The summed E-state index contributed by atoms with van der Waals surface area (Å²) in [5.41, 5.74) is 2.17. The van der Waals surface area contributed by atoms with E-state index in [1.54, 1.807) is 0 Å². The van der Waals surface area contributed by atoms with E-state index in [2.05, 4.69) is 0 Å². The lowest BCUT2D eigenvalue weighted by molar-refractivity contribution is -0.125. The Hall–Kier alpha value is -2.09. The predicted octanol–water partition coefficient (Wildman–Crippen LogP) is 3.71. The standard InChI is InChI=1S/C17H16O2/c18-16-11-10-14(16)15-8-4-5-9-17(15)19-12-13-6-2-1-3-7-13/h1-9,14H,10-12H2/t14-/m1/s1. The van der Waals surface area contributed by atoms with Gasteiger partial charge in [0.25, 0.3) is 0 Å². The first-order chi connectivity index (χ1) is 9.34. The van der Waals surface area contributed by atoms with Gasteiger partial charge in [0.1, 0.15) is 18.1 Å². The minimum absolute atomic E-state index is 0.0481. The molecule has 0 amide bonds. The van der Waals surface area contributed by atoms with E-state index < -0.39 is 0 Å². The van der Waals surface area contributed by atoms with Crippen LogP contribution in [0.5, 0.6) is 5.75 Å². The number of hydrogen-bond acceptors (Lipinski definition) is 2. The molecule has 0 spiro atoms. The summed E-state index contributed by atoms with van der Waals surface area (Å²) in [6.07, 6.45) is 1.65. The maximum Gasteiger partial charge on any atom is 0.140 e. The van der Waals surface area contributed by atoms with Crippen molar-refractivity contribution in [3.63, 3.8) is 0 Å². The number of benzene rings is 2. The van der Waals surface area contributed by atoms with Gasteiger partial charge in [-0.05, 0) is 18.1 Å². The molecular formula is C17H16O2. The summed E-state index contributed by atoms with van der Waals surface area (Å²) in [5, 5.41) is 0. The van der Waals surface area contributed by atoms with E-state index in [9.17, 15) is 4.79 Å². The topological polar surface area (TPSA) is 26.3 Å². The molecule has 0 bridgehead atoms.